The molecule has 8 heteroatoms. The quantitative estimate of drug-likeness (QED) is 0.0729. The fourth-order valence-electron chi connectivity index (χ4n) is 6.35. The van der Waals surface area contributed by atoms with Gasteiger partial charge in [-0.05, 0) is 0 Å². The van der Waals surface area contributed by atoms with Gasteiger partial charge in [-0.25, -0.2) is 24.3 Å². The van der Waals surface area contributed by atoms with Crippen LogP contribution in [0.4, 0.5) is 0 Å². The van der Waals surface area contributed by atoms with E-state index in [9.17, 15) is 0 Å². The minimum atomic E-state index is -2.77. The molecule has 0 nitrogen and oxygen atoms in total. The van der Waals surface area contributed by atoms with Gasteiger partial charge in [0.1, 0.15) is 0 Å². The summed E-state index contributed by atoms with van der Waals surface area (Å²) in [5.41, 5.74) is 0. The third kappa shape index (κ3) is 13.5. The molecule has 2 unspecified atom stereocenters. The van der Waals surface area contributed by atoms with Crippen LogP contribution in [0, 0.1) is 0 Å². The number of halogens is 2. The average Bonchev–Trinajstić information content (AvgIpc) is 3.87. The van der Waals surface area contributed by atoms with E-state index in [0.29, 0.717) is 0 Å². The number of benzene rings is 2. The number of hydrogen-bond donors (Lipinski definition) is 0. The number of hydrogen-bond acceptors (Lipinski definition) is 0. The molecule has 0 aliphatic carbocycles. The third-order valence-corrected chi connectivity index (χ3v) is 130. The van der Waals surface area contributed by atoms with Crippen molar-refractivity contribution in [2.45, 2.75) is 36.8 Å². The fraction of sp³-hybridized carbons (Fsp3) is 0.179. The van der Waals surface area contributed by atoms with Gasteiger partial charge in [-0.1, -0.05) is 0 Å². The van der Waals surface area contributed by atoms with E-state index < -0.39 is 45.0 Å². The van der Waals surface area contributed by atoms with Gasteiger partial charge in [0, 0.05) is 0 Å². The van der Waals surface area contributed by atoms with Crippen molar-refractivity contribution in [2.75, 3.05) is 0 Å². The summed E-state index contributed by atoms with van der Waals surface area (Å²) >= 11 is 0.696. The second-order valence-electron chi connectivity index (χ2n) is 13.2. The topological polar surface area (TPSA) is 0 Å². The van der Waals surface area contributed by atoms with Gasteiger partial charge < -0.3 is 0 Å². The van der Waals surface area contributed by atoms with Crippen LogP contribution in [0.2, 0.25) is 36.8 Å². The van der Waals surface area contributed by atoms with Crippen LogP contribution in [-0.4, -0.2) is 45.0 Å². The van der Waals surface area contributed by atoms with E-state index in [1.165, 1.54) is 8.12 Å². The molecular weight excluding hydrogens is 1130 g/mol. The first-order valence-corrected chi connectivity index (χ1v) is 49.8. The monoisotopic (exact) mass is 1180 g/mol. The maximum Gasteiger partial charge on any atom is 2.00 e. The Bertz CT molecular complexity index is 1430. The summed E-state index contributed by atoms with van der Waals surface area (Å²) in [4.78, 5) is 0. The molecule has 0 saturated carbocycles. The fourth-order valence-corrected chi connectivity index (χ4v) is 228. The molecule has 47 heavy (non-hydrogen) atoms. The van der Waals surface area contributed by atoms with Gasteiger partial charge in [0.05, 0.1) is 0 Å². The van der Waals surface area contributed by atoms with E-state index in [1.807, 2.05) is 60.7 Å². The van der Waals surface area contributed by atoms with Crippen molar-refractivity contribution in [2.24, 2.45) is 0 Å². The first-order valence-electron chi connectivity index (χ1n) is 15.8. The van der Waals surface area contributed by atoms with Crippen LogP contribution in [0.3, 0.4) is 0 Å². The molecule has 0 aliphatic rings. The molecule has 0 bridgehead atoms. The molecule has 0 aromatic heterocycles. The van der Waals surface area contributed by atoms with Gasteiger partial charge in [-0.15, -0.1) is 0 Å². The van der Waals surface area contributed by atoms with Crippen molar-refractivity contribution in [1.29, 1.82) is 0 Å². The molecule has 248 valence electrons. The Morgan fingerprint density at radius 2 is 0.787 bits per heavy atom. The molecule has 0 radical (unpaired) electrons. The minimum Gasteiger partial charge on any atom is -0.214 e. The molecule has 0 amide bonds. The van der Waals surface area contributed by atoms with E-state index in [1.54, 1.807) is 20.0 Å². The van der Waals surface area contributed by atoms with Crippen LogP contribution in [0.5, 0.6) is 0 Å². The van der Waals surface area contributed by atoms with Crippen molar-refractivity contribution in [3.8, 4) is 0 Å². The van der Waals surface area contributed by atoms with Crippen LogP contribution in [0.15, 0.2) is 170 Å². The van der Waals surface area contributed by atoms with E-state index in [-0.39, 0.29) is 34.1 Å². The maximum atomic E-state index is 3.12. The zero-order valence-corrected chi connectivity index (χ0v) is 42.0. The van der Waals surface area contributed by atoms with Gasteiger partial charge in [0.25, 0.3) is 0 Å². The van der Waals surface area contributed by atoms with E-state index >= 15 is 0 Å². The molecule has 0 aliphatic heterocycles. The molecule has 0 spiro atoms. The van der Waals surface area contributed by atoms with Crippen molar-refractivity contribution in [1.82, 2.24) is 0 Å². The van der Waals surface area contributed by atoms with Gasteiger partial charge in [-0.2, -0.15) is 36.4 Å². The first kappa shape index (κ1) is 43.5. The van der Waals surface area contributed by atoms with E-state index in [4.69, 9.17) is 0 Å². The Kier molecular flexibility index (Phi) is 19.5. The maximum absolute atomic E-state index is 3.12. The summed E-state index contributed by atoms with van der Waals surface area (Å²) in [6.07, 6.45) is 0. The zero-order chi connectivity index (χ0) is 32.2. The summed E-state index contributed by atoms with van der Waals surface area (Å²) in [6, 6.07) is 62.2. The van der Waals surface area contributed by atoms with Crippen LogP contribution >= 0.6 is 37.3 Å². The SMILES string of the molecule is C[Si](C)([CH2][Sn]([I])([CH2][Sn]([I])([CH2][Si](C)(C)[c-]1cccc1)[c]1ccccc1)[c]1ccccc1)[c-]1cccc1.[Fe+2].[Fe+2].c1cc[cH-]c1.c1cc[cH-]c1. The van der Waals surface area contributed by atoms with E-state index in [0.717, 1.165) is 0 Å². The van der Waals surface area contributed by atoms with Gasteiger partial charge >= 0.3 is 280 Å². The van der Waals surface area contributed by atoms with Crippen LogP contribution in [0.25, 0.3) is 0 Å². The summed E-state index contributed by atoms with van der Waals surface area (Å²) in [5.74, 6) is 0. The molecule has 6 aromatic rings. The first-order chi connectivity index (χ1) is 21.5. The van der Waals surface area contributed by atoms with Gasteiger partial charge in [0.2, 0.25) is 0 Å². The smallest absolute Gasteiger partial charge is 0.214 e. The molecule has 0 N–H and O–H groups in total. The second-order valence-corrected chi connectivity index (χ2v) is 78.5. The Labute approximate surface area is 335 Å². The molecule has 2 atom stereocenters. The molecule has 0 heterocycles. The normalized spacial score (nSPS) is 13.6. The molecule has 6 aromatic carbocycles. The zero-order valence-electron chi connectivity index (χ0n) is 27.8. The summed E-state index contributed by atoms with van der Waals surface area (Å²) in [5, 5.41) is 3.29. The van der Waals surface area contributed by atoms with Crippen LogP contribution < -0.4 is 17.5 Å². The second kappa shape index (κ2) is 21.0. The van der Waals surface area contributed by atoms with Crippen molar-refractivity contribution in [3.63, 3.8) is 0 Å². The predicted octanol–water partition coefficient (Wildman–Crippen LogP) is 9.65. The summed E-state index contributed by atoms with van der Waals surface area (Å²) < 4.78 is 7.99. The summed E-state index contributed by atoms with van der Waals surface area (Å²) in [7, 11) is -3.06. The van der Waals surface area contributed by atoms with E-state index in [2.05, 4.69) is 173 Å². The predicted molar refractivity (Wildman–Crippen MR) is 228 cm³/mol. The van der Waals surface area contributed by atoms with Crippen molar-refractivity contribution in [3.05, 3.63) is 170 Å². The average molecular weight is 1170 g/mol. The molecule has 0 fully saturated rings. The third-order valence-electron chi connectivity index (χ3n) is 8.59. The van der Waals surface area contributed by atoms with Crippen LogP contribution in [-0.2, 0) is 34.1 Å². The summed E-state index contributed by atoms with van der Waals surface area (Å²) in [6.45, 7) is 10.5. The van der Waals surface area contributed by atoms with Crippen LogP contribution in [0.1, 0.15) is 0 Å². The molecule has 0 saturated heterocycles. The van der Waals surface area contributed by atoms with Gasteiger partial charge in [-0.3, -0.25) is 0 Å². The van der Waals surface area contributed by atoms with Crippen molar-refractivity contribution >= 4 is 99.8 Å². The standard InChI is InChI=1S/2C8H12Si.2C6H5.2C5H5.CH2.2Fe.2HI.2Sn/c2*1-9(2,3)8-6-4-5-7-8;2*1-2-4-6-5-3-1;2*1-2-4-5-3-1;;;;;;;/h2*4-7H,1H2,2-3H3;2*1-5H;2*1-5H;1H2;;;2*1H;;/q2*-1;;;2*-1;;2*+2;;;2*+1/p-2. The molecule has 6 rings (SSSR count). The Morgan fingerprint density at radius 3 is 1.04 bits per heavy atom. The Morgan fingerprint density at radius 1 is 0.489 bits per heavy atom. The molecular formula is C39H46Fe2I2Si2Sn2. The van der Waals surface area contributed by atoms with Crippen molar-refractivity contribution < 1.29 is 34.1 Å². The minimum absolute atomic E-state index is 0. The Balaban J connectivity index is 0.000000545. The number of rotatable bonds is 10. The largest absolute Gasteiger partial charge is 2.00 e. The Hall–Kier alpha value is 0.370. The van der Waals surface area contributed by atoms with Gasteiger partial charge in [0.15, 0.2) is 0 Å².